The van der Waals surface area contributed by atoms with Crippen molar-refractivity contribution in [1.82, 2.24) is 14.3 Å². The van der Waals surface area contributed by atoms with Gasteiger partial charge in [0.15, 0.2) is 0 Å². The maximum absolute atomic E-state index is 12.3. The van der Waals surface area contributed by atoms with E-state index in [1.54, 1.807) is 24.4 Å². The van der Waals surface area contributed by atoms with E-state index in [-0.39, 0.29) is 17.9 Å². The highest BCUT2D eigenvalue weighted by atomic mass is 16.4. The molecule has 1 amide bonds. The number of carbonyl (C=O) groups is 2. The summed E-state index contributed by atoms with van der Waals surface area (Å²) in [5, 5.41) is 8.69. The monoisotopic (exact) mass is 287 g/mol. The number of aliphatic carboxylic acids is 1. The van der Waals surface area contributed by atoms with Crippen molar-refractivity contribution in [1.29, 1.82) is 0 Å². The summed E-state index contributed by atoms with van der Waals surface area (Å²) in [4.78, 5) is 40.7. The van der Waals surface area contributed by atoms with E-state index in [1.807, 2.05) is 0 Å². The normalized spacial score (nSPS) is 15.0. The first-order valence-electron chi connectivity index (χ1n) is 6.53. The SMILES string of the molecule is O=C(O)CC1CN(C(=O)c2cnc3ccccn3c2=O)C1. The fourth-order valence-electron chi connectivity index (χ4n) is 2.46. The Labute approximate surface area is 119 Å². The van der Waals surface area contributed by atoms with E-state index >= 15 is 0 Å². The molecule has 1 N–H and O–H groups in total. The predicted octanol–water partition coefficient (Wildman–Crippen LogP) is 0.241. The first kappa shape index (κ1) is 13.3. The van der Waals surface area contributed by atoms with Crippen molar-refractivity contribution >= 4 is 17.5 Å². The Hall–Kier alpha value is -2.70. The second-order valence-corrected chi connectivity index (χ2v) is 5.08. The molecule has 0 bridgehead atoms. The average molecular weight is 287 g/mol. The lowest BCUT2D eigenvalue weighted by Gasteiger charge is -2.38. The third kappa shape index (κ3) is 2.37. The summed E-state index contributed by atoms with van der Waals surface area (Å²) in [6, 6.07) is 5.13. The lowest BCUT2D eigenvalue weighted by Crippen LogP contribution is -2.51. The van der Waals surface area contributed by atoms with Gasteiger partial charge in [0.1, 0.15) is 11.2 Å². The second-order valence-electron chi connectivity index (χ2n) is 5.08. The minimum absolute atomic E-state index is 0.00692. The molecule has 1 aliphatic heterocycles. The number of rotatable bonds is 3. The summed E-state index contributed by atoms with van der Waals surface area (Å²) in [5.74, 6) is -1.31. The molecule has 0 saturated carbocycles. The second kappa shape index (κ2) is 5.01. The number of carboxylic acid groups (broad SMARTS) is 1. The Morgan fingerprint density at radius 1 is 1.33 bits per heavy atom. The molecule has 0 atom stereocenters. The van der Waals surface area contributed by atoms with Crippen molar-refractivity contribution in [2.45, 2.75) is 6.42 Å². The molecule has 2 aromatic heterocycles. The summed E-state index contributed by atoms with van der Waals surface area (Å²) in [6.07, 6.45) is 2.88. The third-order valence-corrected chi connectivity index (χ3v) is 3.55. The summed E-state index contributed by atoms with van der Waals surface area (Å²) in [5.41, 5.74) is 0.0752. The molecular formula is C14H13N3O4. The molecule has 2 aromatic rings. The minimum Gasteiger partial charge on any atom is -0.481 e. The molecule has 7 nitrogen and oxygen atoms in total. The number of fused-ring (bicyclic) bond motifs is 1. The number of hydrogen-bond acceptors (Lipinski definition) is 4. The summed E-state index contributed by atoms with van der Waals surface area (Å²) < 4.78 is 1.32. The third-order valence-electron chi connectivity index (χ3n) is 3.55. The Balaban J connectivity index is 1.82. The van der Waals surface area contributed by atoms with Crippen LogP contribution in [0.15, 0.2) is 35.4 Å². The van der Waals surface area contributed by atoms with Gasteiger partial charge in [-0.15, -0.1) is 0 Å². The van der Waals surface area contributed by atoms with Gasteiger partial charge in [-0.25, -0.2) is 4.98 Å². The van der Waals surface area contributed by atoms with Crippen LogP contribution in [0.4, 0.5) is 0 Å². The summed E-state index contributed by atoms with van der Waals surface area (Å²) in [6.45, 7) is 0.726. The van der Waals surface area contributed by atoms with E-state index in [1.165, 1.54) is 15.5 Å². The highest BCUT2D eigenvalue weighted by Gasteiger charge is 2.33. The maximum atomic E-state index is 12.3. The fourth-order valence-corrected chi connectivity index (χ4v) is 2.46. The van der Waals surface area contributed by atoms with Crippen molar-refractivity contribution in [3.8, 4) is 0 Å². The summed E-state index contributed by atoms with van der Waals surface area (Å²) >= 11 is 0. The van der Waals surface area contributed by atoms with Gasteiger partial charge in [0.2, 0.25) is 0 Å². The summed E-state index contributed by atoms with van der Waals surface area (Å²) in [7, 11) is 0. The van der Waals surface area contributed by atoms with Gasteiger partial charge < -0.3 is 10.0 Å². The molecular weight excluding hydrogens is 274 g/mol. The van der Waals surface area contributed by atoms with E-state index < -0.39 is 17.4 Å². The van der Waals surface area contributed by atoms with Crippen molar-refractivity contribution in [2.24, 2.45) is 5.92 Å². The van der Waals surface area contributed by atoms with Crippen LogP contribution >= 0.6 is 0 Å². The van der Waals surface area contributed by atoms with Crippen LogP contribution in [0.5, 0.6) is 0 Å². The Kier molecular flexibility index (Phi) is 3.17. The molecule has 1 aliphatic rings. The van der Waals surface area contributed by atoms with Gasteiger partial charge in [-0.05, 0) is 12.1 Å². The zero-order valence-corrected chi connectivity index (χ0v) is 11.1. The standard InChI is InChI=1S/C14H13N3O4/c18-12(19)5-9-7-16(8-9)13(20)10-6-15-11-3-1-2-4-17(11)14(10)21/h1-4,6,9H,5,7-8H2,(H,18,19). The number of amides is 1. The molecule has 1 saturated heterocycles. The molecule has 0 aliphatic carbocycles. The first-order valence-corrected chi connectivity index (χ1v) is 6.53. The highest BCUT2D eigenvalue weighted by Crippen LogP contribution is 2.20. The molecule has 3 rings (SSSR count). The fraction of sp³-hybridized carbons (Fsp3) is 0.286. The largest absolute Gasteiger partial charge is 0.481 e. The first-order chi connectivity index (χ1) is 10.1. The molecule has 0 radical (unpaired) electrons. The molecule has 0 unspecified atom stereocenters. The van der Waals surface area contributed by atoms with E-state index in [4.69, 9.17) is 5.11 Å². The Morgan fingerprint density at radius 2 is 2.10 bits per heavy atom. The molecule has 108 valence electrons. The number of carbonyl (C=O) groups excluding carboxylic acids is 1. The molecule has 21 heavy (non-hydrogen) atoms. The van der Waals surface area contributed by atoms with Crippen molar-refractivity contribution in [2.75, 3.05) is 13.1 Å². The number of hydrogen-bond donors (Lipinski definition) is 1. The molecule has 1 fully saturated rings. The van der Waals surface area contributed by atoms with E-state index in [2.05, 4.69) is 4.98 Å². The number of carboxylic acids is 1. The van der Waals surface area contributed by atoms with Crippen molar-refractivity contribution in [3.05, 3.63) is 46.5 Å². The predicted molar refractivity (Wildman–Crippen MR) is 73.1 cm³/mol. The topological polar surface area (TPSA) is 92.0 Å². The minimum atomic E-state index is -0.875. The van der Waals surface area contributed by atoms with Crippen molar-refractivity contribution < 1.29 is 14.7 Å². The van der Waals surface area contributed by atoms with Gasteiger partial charge in [-0.1, -0.05) is 6.07 Å². The molecule has 3 heterocycles. The Morgan fingerprint density at radius 3 is 2.81 bits per heavy atom. The lowest BCUT2D eigenvalue weighted by molar-refractivity contribution is -0.139. The van der Waals surface area contributed by atoms with Gasteiger partial charge in [0, 0.05) is 31.4 Å². The van der Waals surface area contributed by atoms with Crippen LogP contribution in [-0.2, 0) is 4.79 Å². The van der Waals surface area contributed by atoms with Crippen LogP contribution in [0.1, 0.15) is 16.8 Å². The van der Waals surface area contributed by atoms with Crippen LogP contribution < -0.4 is 5.56 Å². The van der Waals surface area contributed by atoms with E-state index in [9.17, 15) is 14.4 Å². The van der Waals surface area contributed by atoms with E-state index in [0.29, 0.717) is 18.7 Å². The van der Waals surface area contributed by atoms with Crippen LogP contribution in [0, 0.1) is 5.92 Å². The average Bonchev–Trinajstić information content (AvgIpc) is 2.42. The van der Waals surface area contributed by atoms with E-state index in [0.717, 1.165) is 0 Å². The molecule has 0 aromatic carbocycles. The van der Waals surface area contributed by atoms with Crippen LogP contribution in [0.3, 0.4) is 0 Å². The lowest BCUT2D eigenvalue weighted by atomic mass is 9.96. The van der Waals surface area contributed by atoms with Crippen molar-refractivity contribution in [3.63, 3.8) is 0 Å². The number of nitrogens with zero attached hydrogens (tertiary/aromatic N) is 3. The Bertz CT molecular complexity index is 777. The van der Waals surface area contributed by atoms with Gasteiger partial charge in [0.25, 0.3) is 11.5 Å². The van der Waals surface area contributed by atoms with Crippen LogP contribution in [0.25, 0.3) is 5.65 Å². The zero-order chi connectivity index (χ0) is 15.0. The van der Waals surface area contributed by atoms with Gasteiger partial charge >= 0.3 is 5.97 Å². The van der Waals surface area contributed by atoms with Gasteiger partial charge in [-0.3, -0.25) is 18.8 Å². The number of pyridine rings is 1. The maximum Gasteiger partial charge on any atom is 0.303 e. The van der Waals surface area contributed by atoms with Crippen LogP contribution in [0.2, 0.25) is 0 Å². The zero-order valence-electron chi connectivity index (χ0n) is 11.1. The number of likely N-dealkylation sites (tertiary alicyclic amines) is 1. The quantitative estimate of drug-likeness (QED) is 0.873. The molecule has 7 heteroatoms. The van der Waals surface area contributed by atoms with Gasteiger partial charge in [0.05, 0.1) is 6.42 Å². The van der Waals surface area contributed by atoms with Crippen LogP contribution in [-0.4, -0.2) is 44.4 Å². The number of aromatic nitrogens is 2. The smallest absolute Gasteiger partial charge is 0.303 e. The van der Waals surface area contributed by atoms with Gasteiger partial charge in [-0.2, -0.15) is 0 Å². The molecule has 0 spiro atoms. The highest BCUT2D eigenvalue weighted by molar-refractivity contribution is 5.94.